The van der Waals surface area contributed by atoms with Crippen LogP contribution in [-0.4, -0.2) is 23.1 Å². The van der Waals surface area contributed by atoms with Gasteiger partial charge in [0.15, 0.2) is 0 Å². The highest BCUT2D eigenvalue weighted by molar-refractivity contribution is 5.90. The second kappa shape index (κ2) is 5.80. The first-order valence-electron chi connectivity index (χ1n) is 7.08. The van der Waals surface area contributed by atoms with Crippen molar-refractivity contribution in [1.29, 1.82) is 0 Å². The van der Waals surface area contributed by atoms with Crippen LogP contribution >= 0.6 is 0 Å². The largest absolute Gasteiger partial charge is 0.315 e. The van der Waals surface area contributed by atoms with Gasteiger partial charge in [-0.15, -0.1) is 0 Å². The van der Waals surface area contributed by atoms with Crippen LogP contribution < -0.4 is 0 Å². The summed E-state index contributed by atoms with van der Waals surface area (Å²) in [5, 5.41) is 0. The highest BCUT2D eigenvalue weighted by atomic mass is 19.1. The molecule has 0 aliphatic carbocycles. The number of Topliss-reactive ketones (excluding diaryl/α,β-unsaturated/α-hetero) is 1. The summed E-state index contributed by atoms with van der Waals surface area (Å²) >= 11 is 0. The fraction of sp³-hybridized carbons (Fsp3) is 0.412. The Labute approximate surface area is 124 Å². The van der Waals surface area contributed by atoms with Crippen LogP contribution in [0.1, 0.15) is 39.2 Å². The Balaban J connectivity index is 2.38. The van der Waals surface area contributed by atoms with Crippen molar-refractivity contribution in [3.63, 3.8) is 0 Å². The van der Waals surface area contributed by atoms with Crippen LogP contribution in [0.5, 0.6) is 0 Å². The number of halogens is 1. The molecule has 1 aromatic rings. The molecule has 0 saturated carbocycles. The number of hydrogen-bond acceptors (Lipinski definition) is 2. The second-order valence-electron chi connectivity index (χ2n) is 6.33. The number of benzene rings is 1. The van der Waals surface area contributed by atoms with Crippen molar-refractivity contribution in [2.75, 3.05) is 6.54 Å². The standard InChI is InChI=1S/C17H20FNO2/c1-17(2,3)16(21)19-9-8-14(20)11-13(19)10-12-6-4-5-7-15(12)18/h4-7,10H,8-9,11H2,1-3H3. The van der Waals surface area contributed by atoms with E-state index in [9.17, 15) is 14.0 Å². The number of amides is 1. The second-order valence-corrected chi connectivity index (χ2v) is 6.33. The molecule has 1 aromatic carbocycles. The number of rotatable bonds is 1. The van der Waals surface area contributed by atoms with Gasteiger partial charge >= 0.3 is 0 Å². The summed E-state index contributed by atoms with van der Waals surface area (Å²) in [6.45, 7) is 5.89. The van der Waals surface area contributed by atoms with E-state index < -0.39 is 5.41 Å². The summed E-state index contributed by atoms with van der Waals surface area (Å²) < 4.78 is 13.8. The van der Waals surface area contributed by atoms with E-state index in [2.05, 4.69) is 0 Å². The minimum Gasteiger partial charge on any atom is -0.315 e. The molecule has 0 bridgehead atoms. The Morgan fingerprint density at radius 3 is 2.57 bits per heavy atom. The van der Waals surface area contributed by atoms with Crippen molar-refractivity contribution >= 4 is 17.8 Å². The van der Waals surface area contributed by atoms with Crippen LogP contribution in [0.15, 0.2) is 30.0 Å². The SMILES string of the molecule is CC(C)(C)C(=O)N1CCC(=O)CC1=Cc1ccccc1F. The van der Waals surface area contributed by atoms with Gasteiger partial charge in [-0.2, -0.15) is 0 Å². The Kier molecular flexibility index (Phi) is 4.26. The molecule has 1 fully saturated rings. The summed E-state index contributed by atoms with van der Waals surface area (Å²) in [4.78, 5) is 25.8. The first-order valence-corrected chi connectivity index (χ1v) is 7.08. The third-order valence-electron chi connectivity index (χ3n) is 3.45. The maximum Gasteiger partial charge on any atom is 0.232 e. The van der Waals surface area contributed by atoms with Gasteiger partial charge in [0.05, 0.1) is 0 Å². The van der Waals surface area contributed by atoms with E-state index in [0.717, 1.165) is 0 Å². The molecule has 1 saturated heterocycles. The minimum atomic E-state index is -0.533. The van der Waals surface area contributed by atoms with Gasteiger partial charge in [0, 0.05) is 36.1 Å². The van der Waals surface area contributed by atoms with E-state index in [4.69, 9.17) is 0 Å². The Morgan fingerprint density at radius 2 is 1.95 bits per heavy atom. The smallest absolute Gasteiger partial charge is 0.232 e. The van der Waals surface area contributed by atoms with Gasteiger partial charge in [0.1, 0.15) is 11.6 Å². The zero-order valence-corrected chi connectivity index (χ0v) is 12.6. The van der Waals surface area contributed by atoms with Crippen LogP contribution in [0.4, 0.5) is 4.39 Å². The lowest BCUT2D eigenvalue weighted by Crippen LogP contribution is -2.42. The fourth-order valence-corrected chi connectivity index (χ4v) is 2.30. The van der Waals surface area contributed by atoms with Crippen molar-refractivity contribution in [2.45, 2.75) is 33.6 Å². The van der Waals surface area contributed by atoms with Crippen molar-refractivity contribution in [2.24, 2.45) is 5.41 Å². The van der Waals surface area contributed by atoms with E-state index in [1.54, 1.807) is 29.2 Å². The lowest BCUT2D eigenvalue weighted by molar-refractivity contribution is -0.139. The first-order chi connectivity index (χ1) is 9.79. The predicted molar refractivity (Wildman–Crippen MR) is 79.8 cm³/mol. The summed E-state index contributed by atoms with van der Waals surface area (Å²) in [7, 11) is 0. The third kappa shape index (κ3) is 3.57. The summed E-state index contributed by atoms with van der Waals surface area (Å²) in [5.41, 5.74) is 0.444. The van der Waals surface area contributed by atoms with Gasteiger partial charge in [-0.25, -0.2) is 4.39 Å². The average molecular weight is 289 g/mol. The molecule has 0 N–H and O–H groups in total. The maximum atomic E-state index is 13.8. The Morgan fingerprint density at radius 1 is 1.29 bits per heavy atom. The average Bonchev–Trinajstić information content (AvgIpc) is 2.40. The van der Waals surface area contributed by atoms with Gasteiger partial charge in [0.2, 0.25) is 5.91 Å². The van der Waals surface area contributed by atoms with E-state index in [0.29, 0.717) is 24.2 Å². The number of likely N-dealkylation sites (tertiary alicyclic amines) is 1. The van der Waals surface area contributed by atoms with Crippen LogP contribution in [0.3, 0.4) is 0 Å². The first kappa shape index (κ1) is 15.4. The highest BCUT2D eigenvalue weighted by Crippen LogP contribution is 2.27. The van der Waals surface area contributed by atoms with Gasteiger partial charge < -0.3 is 4.90 Å². The molecule has 3 nitrogen and oxygen atoms in total. The summed E-state index contributed by atoms with van der Waals surface area (Å²) in [6, 6.07) is 6.35. The van der Waals surface area contributed by atoms with Gasteiger partial charge in [-0.3, -0.25) is 9.59 Å². The molecular formula is C17H20FNO2. The molecule has 21 heavy (non-hydrogen) atoms. The predicted octanol–water partition coefficient (Wildman–Crippen LogP) is 3.40. The lowest BCUT2D eigenvalue weighted by atomic mass is 9.92. The number of piperidine rings is 1. The molecule has 4 heteroatoms. The fourth-order valence-electron chi connectivity index (χ4n) is 2.30. The molecule has 112 valence electrons. The van der Waals surface area contributed by atoms with E-state index in [1.165, 1.54) is 6.07 Å². The third-order valence-corrected chi connectivity index (χ3v) is 3.45. The summed E-state index contributed by atoms with van der Waals surface area (Å²) in [6.07, 6.45) is 2.14. The molecule has 0 radical (unpaired) electrons. The van der Waals surface area contributed by atoms with Crippen molar-refractivity contribution < 1.29 is 14.0 Å². The van der Waals surface area contributed by atoms with E-state index >= 15 is 0 Å². The summed E-state index contributed by atoms with van der Waals surface area (Å²) in [5.74, 6) is -0.320. The van der Waals surface area contributed by atoms with Crippen molar-refractivity contribution in [3.05, 3.63) is 41.3 Å². The normalized spacial score (nSPS) is 18.2. The van der Waals surface area contributed by atoms with Crippen LogP contribution in [0.2, 0.25) is 0 Å². The number of ketones is 1. The number of allylic oxidation sites excluding steroid dienone is 1. The van der Waals surface area contributed by atoms with Crippen molar-refractivity contribution in [1.82, 2.24) is 4.90 Å². The van der Waals surface area contributed by atoms with Crippen LogP contribution in [0, 0.1) is 11.2 Å². The maximum absolute atomic E-state index is 13.8. The molecule has 1 heterocycles. The topological polar surface area (TPSA) is 37.4 Å². The monoisotopic (exact) mass is 289 g/mol. The molecule has 2 rings (SSSR count). The lowest BCUT2D eigenvalue weighted by Gasteiger charge is -2.34. The number of hydrogen-bond donors (Lipinski definition) is 0. The van der Waals surface area contributed by atoms with Crippen LogP contribution in [0.25, 0.3) is 6.08 Å². The highest BCUT2D eigenvalue weighted by Gasteiger charge is 2.32. The molecule has 0 atom stereocenters. The van der Waals surface area contributed by atoms with Crippen molar-refractivity contribution in [3.8, 4) is 0 Å². The number of carbonyl (C=O) groups is 2. The number of nitrogens with zero attached hydrogens (tertiary/aromatic N) is 1. The minimum absolute atomic E-state index is 0.0439. The van der Waals surface area contributed by atoms with E-state index in [1.807, 2.05) is 20.8 Å². The Hall–Kier alpha value is -1.97. The molecule has 1 aliphatic heterocycles. The molecule has 0 aromatic heterocycles. The van der Waals surface area contributed by atoms with Gasteiger partial charge in [0.25, 0.3) is 0 Å². The zero-order chi connectivity index (χ0) is 15.6. The molecule has 0 unspecified atom stereocenters. The molecular weight excluding hydrogens is 269 g/mol. The Bertz CT molecular complexity index is 599. The molecule has 1 amide bonds. The van der Waals surface area contributed by atoms with E-state index in [-0.39, 0.29) is 23.9 Å². The zero-order valence-electron chi connectivity index (χ0n) is 12.6. The molecule has 0 spiro atoms. The van der Waals surface area contributed by atoms with Crippen LogP contribution in [-0.2, 0) is 9.59 Å². The number of carbonyl (C=O) groups excluding carboxylic acids is 2. The quantitative estimate of drug-likeness (QED) is 0.794. The molecule has 1 aliphatic rings. The van der Waals surface area contributed by atoms with Gasteiger partial charge in [-0.05, 0) is 12.1 Å². The van der Waals surface area contributed by atoms with Gasteiger partial charge in [-0.1, -0.05) is 39.0 Å².